The average Bonchev–Trinajstić information content (AvgIpc) is 2.77. The van der Waals surface area contributed by atoms with Crippen molar-refractivity contribution in [3.63, 3.8) is 0 Å². The molecule has 0 bridgehead atoms. The zero-order valence-electron chi connectivity index (χ0n) is 16.9. The fraction of sp³-hybridized carbons (Fsp3) is 0.154. The molecule has 0 radical (unpaired) electrons. The summed E-state index contributed by atoms with van der Waals surface area (Å²) in [6.07, 6.45) is 1.80. The molecule has 1 amide bonds. The highest BCUT2D eigenvalue weighted by Crippen LogP contribution is 2.23. The summed E-state index contributed by atoms with van der Waals surface area (Å²) in [6, 6.07) is 25.6. The first-order valence-electron chi connectivity index (χ1n) is 10.2. The molecule has 150 valence electrons. The molecule has 0 aliphatic rings. The van der Waals surface area contributed by atoms with Crippen molar-refractivity contribution in [3.8, 4) is 11.1 Å². The van der Waals surface area contributed by atoms with Crippen LogP contribution in [0.2, 0.25) is 0 Å². The van der Waals surface area contributed by atoms with Crippen LogP contribution in [0.1, 0.15) is 27.9 Å². The molecule has 1 aromatic heterocycles. The smallest absolute Gasteiger partial charge is 0.251 e. The number of hydrogen-bond acceptors (Lipinski definition) is 2. The predicted octanol–water partition coefficient (Wildman–Crippen LogP) is 4.87. The number of H-pyrrole nitrogens is 1. The molecular formula is C26H24N2O2. The summed E-state index contributed by atoms with van der Waals surface area (Å²) in [4.78, 5) is 26.5. The molecular weight excluding hydrogens is 372 g/mol. The van der Waals surface area contributed by atoms with Crippen molar-refractivity contribution in [3.05, 3.63) is 106 Å². The third-order valence-corrected chi connectivity index (χ3v) is 5.33. The van der Waals surface area contributed by atoms with Crippen LogP contribution in [0.3, 0.4) is 0 Å². The average molecular weight is 396 g/mol. The minimum absolute atomic E-state index is 0.0129. The van der Waals surface area contributed by atoms with E-state index in [4.69, 9.17) is 0 Å². The van der Waals surface area contributed by atoms with Crippen LogP contribution in [0.15, 0.2) is 83.7 Å². The number of benzene rings is 3. The Balaban J connectivity index is 1.34. The highest BCUT2D eigenvalue weighted by molar-refractivity contribution is 5.95. The van der Waals surface area contributed by atoms with Gasteiger partial charge in [-0.25, -0.2) is 0 Å². The Morgan fingerprint density at radius 2 is 1.67 bits per heavy atom. The summed E-state index contributed by atoms with van der Waals surface area (Å²) < 4.78 is 0. The van der Waals surface area contributed by atoms with Crippen LogP contribution in [-0.2, 0) is 6.42 Å². The van der Waals surface area contributed by atoms with Crippen LogP contribution in [0.4, 0.5) is 0 Å². The molecule has 0 saturated carbocycles. The first-order chi connectivity index (χ1) is 14.6. The van der Waals surface area contributed by atoms with Crippen molar-refractivity contribution in [1.82, 2.24) is 10.3 Å². The van der Waals surface area contributed by atoms with Gasteiger partial charge in [0, 0.05) is 23.7 Å². The second-order valence-corrected chi connectivity index (χ2v) is 7.50. The Labute approximate surface area is 175 Å². The highest BCUT2D eigenvalue weighted by Gasteiger charge is 2.07. The molecule has 0 fully saturated rings. The molecule has 4 nitrogen and oxygen atoms in total. The van der Waals surface area contributed by atoms with Gasteiger partial charge in [0.05, 0.1) is 0 Å². The van der Waals surface area contributed by atoms with Gasteiger partial charge in [0.2, 0.25) is 5.56 Å². The van der Waals surface area contributed by atoms with Crippen LogP contribution >= 0.6 is 0 Å². The van der Waals surface area contributed by atoms with Crippen molar-refractivity contribution in [2.45, 2.75) is 19.8 Å². The lowest BCUT2D eigenvalue weighted by molar-refractivity contribution is 0.0952. The van der Waals surface area contributed by atoms with Crippen molar-refractivity contribution in [2.24, 2.45) is 0 Å². The van der Waals surface area contributed by atoms with E-state index in [-0.39, 0.29) is 11.5 Å². The topological polar surface area (TPSA) is 62.0 Å². The van der Waals surface area contributed by atoms with Gasteiger partial charge in [-0.3, -0.25) is 9.59 Å². The maximum atomic E-state index is 12.3. The van der Waals surface area contributed by atoms with E-state index < -0.39 is 0 Å². The fourth-order valence-electron chi connectivity index (χ4n) is 3.62. The second kappa shape index (κ2) is 8.78. The van der Waals surface area contributed by atoms with Crippen LogP contribution < -0.4 is 10.9 Å². The largest absolute Gasteiger partial charge is 0.352 e. The van der Waals surface area contributed by atoms with E-state index in [1.165, 1.54) is 5.56 Å². The number of amides is 1. The van der Waals surface area contributed by atoms with Gasteiger partial charge in [-0.1, -0.05) is 48.5 Å². The molecule has 30 heavy (non-hydrogen) atoms. The lowest BCUT2D eigenvalue weighted by atomic mass is 10.0. The maximum Gasteiger partial charge on any atom is 0.251 e. The fourth-order valence-corrected chi connectivity index (χ4v) is 3.62. The van der Waals surface area contributed by atoms with Crippen LogP contribution in [-0.4, -0.2) is 17.4 Å². The van der Waals surface area contributed by atoms with E-state index in [0.717, 1.165) is 46.0 Å². The van der Waals surface area contributed by atoms with E-state index >= 15 is 0 Å². The predicted molar refractivity (Wildman–Crippen MR) is 122 cm³/mol. The van der Waals surface area contributed by atoms with Gasteiger partial charge < -0.3 is 10.3 Å². The van der Waals surface area contributed by atoms with Crippen molar-refractivity contribution in [1.29, 1.82) is 0 Å². The quantitative estimate of drug-likeness (QED) is 0.457. The first-order valence-corrected chi connectivity index (χ1v) is 10.2. The molecule has 4 rings (SSSR count). The Bertz CT molecular complexity index is 1240. The summed E-state index contributed by atoms with van der Waals surface area (Å²) in [7, 11) is 0. The highest BCUT2D eigenvalue weighted by atomic mass is 16.1. The SMILES string of the molecule is Cc1ccccc1C(=O)NCCCc1ccc(-c2ccc3[nH]c(=O)ccc3c2)cc1. The molecule has 0 aliphatic carbocycles. The van der Waals surface area contributed by atoms with Crippen molar-refractivity contribution < 1.29 is 4.79 Å². The number of nitrogens with one attached hydrogen (secondary N) is 2. The van der Waals surface area contributed by atoms with Gasteiger partial charge in [0.25, 0.3) is 5.91 Å². The molecule has 0 atom stereocenters. The van der Waals surface area contributed by atoms with Crippen LogP contribution in [0, 0.1) is 6.92 Å². The Morgan fingerprint density at radius 1 is 0.900 bits per heavy atom. The molecule has 0 aliphatic heterocycles. The summed E-state index contributed by atoms with van der Waals surface area (Å²) in [5.41, 5.74) is 5.98. The van der Waals surface area contributed by atoms with Crippen molar-refractivity contribution in [2.75, 3.05) is 6.54 Å². The number of aromatic amines is 1. The zero-order valence-corrected chi connectivity index (χ0v) is 16.9. The molecule has 4 aromatic rings. The monoisotopic (exact) mass is 396 g/mol. The number of aromatic nitrogens is 1. The first kappa shape index (κ1) is 19.6. The number of carbonyl (C=O) groups is 1. The van der Waals surface area contributed by atoms with Crippen LogP contribution in [0.25, 0.3) is 22.0 Å². The van der Waals surface area contributed by atoms with E-state index in [1.807, 2.05) is 49.4 Å². The molecule has 0 spiro atoms. The Kier molecular flexibility index (Phi) is 5.75. The van der Waals surface area contributed by atoms with E-state index in [0.29, 0.717) is 6.54 Å². The summed E-state index contributed by atoms with van der Waals surface area (Å²) in [6.45, 7) is 2.60. The molecule has 2 N–H and O–H groups in total. The van der Waals surface area contributed by atoms with Gasteiger partial charge in [-0.2, -0.15) is 0 Å². The summed E-state index contributed by atoms with van der Waals surface area (Å²) in [5, 5.41) is 4.02. The van der Waals surface area contributed by atoms with Gasteiger partial charge in [0.15, 0.2) is 0 Å². The van der Waals surface area contributed by atoms with Gasteiger partial charge >= 0.3 is 0 Å². The number of fused-ring (bicyclic) bond motifs is 1. The molecule has 4 heteroatoms. The summed E-state index contributed by atoms with van der Waals surface area (Å²) in [5.74, 6) is -0.0129. The molecule has 1 heterocycles. The minimum Gasteiger partial charge on any atom is -0.352 e. The van der Waals surface area contributed by atoms with Crippen molar-refractivity contribution >= 4 is 16.8 Å². The number of rotatable bonds is 6. The Morgan fingerprint density at radius 3 is 2.47 bits per heavy atom. The van der Waals surface area contributed by atoms with Crippen LogP contribution in [0.5, 0.6) is 0 Å². The number of pyridine rings is 1. The molecule has 0 saturated heterocycles. The number of hydrogen-bond donors (Lipinski definition) is 2. The maximum absolute atomic E-state index is 12.3. The van der Waals surface area contributed by atoms with Gasteiger partial charge in [-0.05, 0) is 71.7 Å². The number of aryl methyl sites for hydroxylation is 2. The van der Waals surface area contributed by atoms with E-state index in [2.05, 4.69) is 40.6 Å². The normalized spacial score (nSPS) is 10.8. The van der Waals surface area contributed by atoms with E-state index in [1.54, 1.807) is 6.07 Å². The lowest BCUT2D eigenvalue weighted by Crippen LogP contribution is -2.25. The number of carbonyl (C=O) groups excluding carboxylic acids is 1. The zero-order chi connectivity index (χ0) is 20.9. The van der Waals surface area contributed by atoms with Gasteiger partial charge in [-0.15, -0.1) is 0 Å². The Hall–Kier alpha value is -3.66. The third-order valence-electron chi connectivity index (χ3n) is 5.33. The van der Waals surface area contributed by atoms with E-state index in [9.17, 15) is 9.59 Å². The molecule has 0 unspecified atom stereocenters. The third kappa shape index (κ3) is 4.49. The standard InChI is InChI=1S/C26H24N2O2/c1-18-5-2-3-7-23(18)26(30)27-16-4-6-19-8-10-20(11-9-19)21-12-14-24-22(17-21)13-15-25(29)28-24/h2-3,5,7-15,17H,4,6,16H2,1H3,(H,27,30)(H,28,29). The molecule has 3 aromatic carbocycles. The minimum atomic E-state index is -0.0882. The lowest BCUT2D eigenvalue weighted by Gasteiger charge is -2.08. The van der Waals surface area contributed by atoms with Gasteiger partial charge in [0.1, 0.15) is 0 Å². The second-order valence-electron chi connectivity index (χ2n) is 7.50. The summed E-state index contributed by atoms with van der Waals surface area (Å²) >= 11 is 0.